The van der Waals surface area contributed by atoms with E-state index >= 15 is 0 Å². The molecular weight excluding hydrogens is 234 g/mol. The first-order valence-electron chi connectivity index (χ1n) is 6.75. The van der Waals surface area contributed by atoms with Crippen LogP contribution in [0.5, 0.6) is 0 Å². The quantitative estimate of drug-likeness (QED) is 0.911. The fraction of sp³-hybridized carbons (Fsp3) is 0.438. The molecule has 0 unspecified atom stereocenters. The molecule has 1 N–H and O–H groups in total. The van der Waals surface area contributed by atoms with Crippen LogP contribution in [0, 0.1) is 6.92 Å². The molecule has 0 aliphatic rings. The topological polar surface area (TPSA) is 29.9 Å². The lowest BCUT2D eigenvalue weighted by Crippen LogP contribution is -2.22. The molecule has 0 saturated carbocycles. The van der Waals surface area contributed by atoms with Crippen molar-refractivity contribution in [3.8, 4) is 0 Å². The Kier molecular flexibility index (Phi) is 4.05. The predicted octanol–water partition coefficient (Wildman–Crippen LogP) is 3.24. The summed E-state index contributed by atoms with van der Waals surface area (Å²) in [6.07, 6.45) is 4.05. The second kappa shape index (κ2) is 5.57. The highest BCUT2D eigenvalue weighted by molar-refractivity contribution is 5.21. The van der Waals surface area contributed by atoms with E-state index in [0.717, 1.165) is 13.1 Å². The molecule has 0 spiro atoms. The number of rotatable bonds is 4. The smallest absolute Gasteiger partial charge is 0.0543 e. The van der Waals surface area contributed by atoms with Gasteiger partial charge in [0.05, 0.1) is 11.7 Å². The summed E-state index contributed by atoms with van der Waals surface area (Å²) < 4.78 is 2.01. The van der Waals surface area contributed by atoms with Gasteiger partial charge >= 0.3 is 0 Å². The van der Waals surface area contributed by atoms with Crippen LogP contribution in [-0.4, -0.2) is 9.78 Å². The predicted molar refractivity (Wildman–Crippen MR) is 78.9 cm³/mol. The summed E-state index contributed by atoms with van der Waals surface area (Å²) in [5.74, 6) is 0. The van der Waals surface area contributed by atoms with Gasteiger partial charge in [-0.05, 0) is 33.3 Å². The second-order valence-corrected chi connectivity index (χ2v) is 6.05. The van der Waals surface area contributed by atoms with Crippen molar-refractivity contribution < 1.29 is 0 Å². The summed E-state index contributed by atoms with van der Waals surface area (Å²) in [5.41, 5.74) is 3.89. The van der Waals surface area contributed by atoms with E-state index in [-0.39, 0.29) is 5.54 Å². The van der Waals surface area contributed by atoms with Gasteiger partial charge in [-0.15, -0.1) is 0 Å². The standard InChI is InChI=1S/C16H23N3/c1-13-5-7-14(8-6-13)9-17-10-15-11-18-19(12-15)16(2,3)4/h5-8,11-12,17H,9-10H2,1-4H3. The van der Waals surface area contributed by atoms with Crippen LogP contribution < -0.4 is 5.32 Å². The SMILES string of the molecule is Cc1ccc(CNCc2cnn(C(C)(C)C)c2)cc1. The maximum atomic E-state index is 4.40. The van der Waals surface area contributed by atoms with Crippen molar-refractivity contribution in [2.75, 3.05) is 0 Å². The van der Waals surface area contributed by atoms with E-state index in [1.54, 1.807) is 0 Å². The van der Waals surface area contributed by atoms with Crippen LogP contribution in [0.4, 0.5) is 0 Å². The zero-order valence-corrected chi connectivity index (χ0v) is 12.3. The van der Waals surface area contributed by atoms with Crippen LogP contribution in [0.1, 0.15) is 37.5 Å². The molecule has 3 heteroatoms. The minimum Gasteiger partial charge on any atom is -0.309 e. The van der Waals surface area contributed by atoms with Gasteiger partial charge in [-0.2, -0.15) is 5.10 Å². The molecule has 2 rings (SSSR count). The number of aromatic nitrogens is 2. The molecule has 0 bridgehead atoms. The van der Waals surface area contributed by atoms with E-state index in [1.807, 2.05) is 10.9 Å². The van der Waals surface area contributed by atoms with E-state index in [0.29, 0.717) is 0 Å². The first-order chi connectivity index (χ1) is 8.95. The Bertz CT molecular complexity index is 518. The molecule has 2 aromatic rings. The molecular formula is C16H23N3. The van der Waals surface area contributed by atoms with Crippen LogP contribution in [0.15, 0.2) is 36.7 Å². The summed E-state index contributed by atoms with van der Waals surface area (Å²) in [6, 6.07) is 8.63. The van der Waals surface area contributed by atoms with Gasteiger partial charge in [0.25, 0.3) is 0 Å². The molecule has 0 amide bonds. The fourth-order valence-corrected chi connectivity index (χ4v) is 1.88. The third-order valence-electron chi connectivity index (χ3n) is 3.10. The Hall–Kier alpha value is -1.61. The Morgan fingerprint density at radius 3 is 2.26 bits per heavy atom. The van der Waals surface area contributed by atoms with Crippen LogP contribution >= 0.6 is 0 Å². The Balaban J connectivity index is 1.86. The van der Waals surface area contributed by atoms with E-state index in [1.165, 1.54) is 16.7 Å². The summed E-state index contributed by atoms with van der Waals surface area (Å²) in [6.45, 7) is 10.3. The highest BCUT2D eigenvalue weighted by Crippen LogP contribution is 2.13. The van der Waals surface area contributed by atoms with E-state index in [4.69, 9.17) is 0 Å². The molecule has 0 aliphatic heterocycles. The van der Waals surface area contributed by atoms with E-state index < -0.39 is 0 Å². The second-order valence-electron chi connectivity index (χ2n) is 6.05. The van der Waals surface area contributed by atoms with Gasteiger partial charge in [-0.1, -0.05) is 29.8 Å². The molecule has 3 nitrogen and oxygen atoms in total. The normalized spacial score (nSPS) is 11.8. The zero-order valence-electron chi connectivity index (χ0n) is 12.3. The zero-order chi connectivity index (χ0) is 13.9. The van der Waals surface area contributed by atoms with Gasteiger partial charge in [0.1, 0.15) is 0 Å². The fourth-order valence-electron chi connectivity index (χ4n) is 1.88. The van der Waals surface area contributed by atoms with Crippen LogP contribution in [0.2, 0.25) is 0 Å². The van der Waals surface area contributed by atoms with Crippen LogP contribution in [-0.2, 0) is 18.6 Å². The monoisotopic (exact) mass is 257 g/mol. The summed E-state index contributed by atoms with van der Waals surface area (Å²) in [5, 5.41) is 7.85. The average Bonchev–Trinajstić information content (AvgIpc) is 2.80. The summed E-state index contributed by atoms with van der Waals surface area (Å²) in [7, 11) is 0. The van der Waals surface area contributed by atoms with E-state index in [9.17, 15) is 0 Å². The molecule has 1 heterocycles. The van der Waals surface area contributed by atoms with Gasteiger partial charge in [0, 0.05) is 24.8 Å². The highest BCUT2D eigenvalue weighted by atomic mass is 15.3. The molecule has 0 fully saturated rings. The Morgan fingerprint density at radius 1 is 1.05 bits per heavy atom. The maximum absolute atomic E-state index is 4.40. The number of benzene rings is 1. The summed E-state index contributed by atoms with van der Waals surface area (Å²) in [4.78, 5) is 0. The molecule has 19 heavy (non-hydrogen) atoms. The third kappa shape index (κ3) is 3.93. The van der Waals surface area contributed by atoms with Crippen LogP contribution in [0.3, 0.4) is 0 Å². The summed E-state index contributed by atoms with van der Waals surface area (Å²) >= 11 is 0. The molecule has 102 valence electrons. The van der Waals surface area contributed by atoms with Gasteiger partial charge in [-0.25, -0.2) is 0 Å². The first kappa shape index (κ1) is 13.8. The van der Waals surface area contributed by atoms with Crippen molar-refractivity contribution in [1.29, 1.82) is 0 Å². The largest absolute Gasteiger partial charge is 0.309 e. The average molecular weight is 257 g/mol. The molecule has 1 aromatic heterocycles. The van der Waals surface area contributed by atoms with Crippen molar-refractivity contribution in [2.24, 2.45) is 0 Å². The lowest BCUT2D eigenvalue weighted by atomic mass is 10.1. The Morgan fingerprint density at radius 2 is 1.68 bits per heavy atom. The number of aryl methyl sites for hydroxylation is 1. The van der Waals surface area contributed by atoms with Crippen molar-refractivity contribution in [2.45, 2.75) is 46.3 Å². The van der Waals surface area contributed by atoms with Crippen molar-refractivity contribution in [1.82, 2.24) is 15.1 Å². The highest BCUT2D eigenvalue weighted by Gasteiger charge is 2.13. The van der Waals surface area contributed by atoms with Crippen molar-refractivity contribution >= 4 is 0 Å². The minimum absolute atomic E-state index is 0.0508. The minimum atomic E-state index is 0.0508. The first-order valence-corrected chi connectivity index (χ1v) is 6.75. The lowest BCUT2D eigenvalue weighted by Gasteiger charge is -2.18. The molecule has 0 saturated heterocycles. The number of nitrogens with zero attached hydrogens (tertiary/aromatic N) is 2. The molecule has 0 aliphatic carbocycles. The lowest BCUT2D eigenvalue weighted by molar-refractivity contribution is 0.355. The van der Waals surface area contributed by atoms with Gasteiger partial charge in [0.15, 0.2) is 0 Å². The van der Waals surface area contributed by atoms with Crippen molar-refractivity contribution in [3.05, 3.63) is 53.3 Å². The van der Waals surface area contributed by atoms with Crippen LogP contribution in [0.25, 0.3) is 0 Å². The van der Waals surface area contributed by atoms with Gasteiger partial charge < -0.3 is 5.32 Å². The number of hydrogen-bond acceptors (Lipinski definition) is 2. The third-order valence-corrected chi connectivity index (χ3v) is 3.10. The number of nitrogens with one attached hydrogen (secondary N) is 1. The maximum Gasteiger partial charge on any atom is 0.0543 e. The number of hydrogen-bond donors (Lipinski definition) is 1. The van der Waals surface area contributed by atoms with Gasteiger partial charge in [0.2, 0.25) is 0 Å². The van der Waals surface area contributed by atoms with E-state index in [2.05, 4.69) is 68.6 Å². The molecule has 0 radical (unpaired) electrons. The Labute approximate surface area is 115 Å². The van der Waals surface area contributed by atoms with Gasteiger partial charge in [-0.3, -0.25) is 4.68 Å². The molecule has 1 aromatic carbocycles. The van der Waals surface area contributed by atoms with Crippen molar-refractivity contribution in [3.63, 3.8) is 0 Å². The molecule has 0 atom stereocenters.